The highest BCUT2D eigenvalue weighted by Crippen LogP contribution is 2.21. The maximum Gasteiger partial charge on any atom is 0.415 e. The van der Waals surface area contributed by atoms with Crippen LogP contribution in [0.3, 0.4) is 0 Å². The summed E-state index contributed by atoms with van der Waals surface area (Å²) in [6, 6.07) is 7.09. The Balaban J connectivity index is 2.05. The smallest absolute Gasteiger partial charge is 0.415 e. The maximum atomic E-state index is 12.0. The Morgan fingerprint density at radius 2 is 1.95 bits per heavy atom. The van der Waals surface area contributed by atoms with Crippen LogP contribution in [0.5, 0.6) is 5.75 Å². The summed E-state index contributed by atoms with van der Waals surface area (Å²) in [5, 5.41) is 0. The van der Waals surface area contributed by atoms with E-state index in [1.54, 1.807) is 36.1 Å². The van der Waals surface area contributed by atoms with Crippen molar-refractivity contribution in [2.45, 2.75) is 19.8 Å². The van der Waals surface area contributed by atoms with Crippen molar-refractivity contribution in [1.82, 2.24) is 4.90 Å². The van der Waals surface area contributed by atoms with E-state index in [0.717, 1.165) is 25.9 Å². The molecule has 0 radical (unpaired) electrons. The minimum absolute atomic E-state index is 0.328. The summed E-state index contributed by atoms with van der Waals surface area (Å²) < 4.78 is 10.2. The molecule has 1 heterocycles. The minimum atomic E-state index is -0.418. The third-order valence-electron chi connectivity index (χ3n) is 3.17. The number of benzene rings is 1. The topological polar surface area (TPSA) is 55.8 Å². The first-order valence-corrected chi connectivity index (χ1v) is 7.11. The Morgan fingerprint density at radius 1 is 1.24 bits per heavy atom. The number of ether oxygens (including phenoxy) is 2. The van der Waals surface area contributed by atoms with Gasteiger partial charge in [-0.05, 0) is 31.9 Å². The number of nitrogens with zero attached hydrogens (tertiary/aromatic N) is 1. The molecule has 0 aromatic heterocycles. The Morgan fingerprint density at radius 3 is 2.67 bits per heavy atom. The Hall–Kier alpha value is -2.30. The van der Waals surface area contributed by atoms with Crippen LogP contribution in [-0.2, 0) is 9.53 Å². The number of esters is 1. The van der Waals surface area contributed by atoms with Crippen molar-refractivity contribution >= 4 is 18.1 Å². The van der Waals surface area contributed by atoms with Crippen LogP contribution in [0.25, 0.3) is 6.08 Å². The van der Waals surface area contributed by atoms with Crippen molar-refractivity contribution in [1.29, 1.82) is 0 Å². The summed E-state index contributed by atoms with van der Waals surface area (Å²) in [6.45, 7) is 3.55. The molecule has 1 aromatic rings. The van der Waals surface area contributed by atoms with E-state index < -0.39 is 5.97 Å². The average Bonchev–Trinajstić information content (AvgIpc) is 3.01. The number of hydrogen-bond acceptors (Lipinski definition) is 4. The van der Waals surface area contributed by atoms with Crippen LogP contribution in [0.1, 0.15) is 25.3 Å². The van der Waals surface area contributed by atoms with Crippen LogP contribution >= 0.6 is 0 Å². The van der Waals surface area contributed by atoms with Crippen LogP contribution in [0.4, 0.5) is 4.79 Å². The van der Waals surface area contributed by atoms with E-state index in [0.29, 0.717) is 17.9 Å². The highest BCUT2D eigenvalue weighted by Gasteiger charge is 2.20. The zero-order chi connectivity index (χ0) is 15.1. The van der Waals surface area contributed by atoms with E-state index in [2.05, 4.69) is 0 Å². The number of rotatable bonds is 4. The largest absolute Gasteiger partial charge is 0.463 e. The molecule has 0 spiro atoms. The lowest BCUT2D eigenvalue weighted by Crippen LogP contribution is -2.30. The van der Waals surface area contributed by atoms with Crippen molar-refractivity contribution in [3.63, 3.8) is 0 Å². The number of amides is 1. The van der Waals surface area contributed by atoms with E-state index in [4.69, 9.17) is 9.47 Å². The molecule has 5 heteroatoms. The van der Waals surface area contributed by atoms with Crippen molar-refractivity contribution < 1.29 is 19.1 Å². The van der Waals surface area contributed by atoms with Gasteiger partial charge in [-0.3, -0.25) is 0 Å². The standard InChI is InChI=1S/C16H19NO4/c1-2-20-15(18)10-9-13-7-3-4-8-14(13)21-16(19)17-11-5-6-12-17/h3-4,7-10H,2,5-6,11-12H2,1H3/b10-9+. The summed E-state index contributed by atoms with van der Waals surface area (Å²) in [4.78, 5) is 25.0. The second-order valence-electron chi connectivity index (χ2n) is 4.69. The number of likely N-dealkylation sites (tertiary alicyclic amines) is 1. The molecule has 1 aromatic carbocycles. The van der Waals surface area contributed by atoms with Gasteiger partial charge in [-0.2, -0.15) is 0 Å². The molecular formula is C16H19NO4. The molecule has 0 saturated carbocycles. The van der Waals surface area contributed by atoms with Crippen LogP contribution in [0.15, 0.2) is 30.3 Å². The van der Waals surface area contributed by atoms with Gasteiger partial charge in [0, 0.05) is 24.7 Å². The first-order valence-electron chi connectivity index (χ1n) is 7.11. The zero-order valence-electron chi connectivity index (χ0n) is 12.1. The summed E-state index contributed by atoms with van der Waals surface area (Å²) in [7, 11) is 0. The van der Waals surface area contributed by atoms with E-state index in [1.807, 2.05) is 6.07 Å². The van der Waals surface area contributed by atoms with E-state index in [-0.39, 0.29) is 6.09 Å². The summed E-state index contributed by atoms with van der Waals surface area (Å²) >= 11 is 0. The summed E-state index contributed by atoms with van der Waals surface area (Å²) in [5.74, 6) is 0.0214. The van der Waals surface area contributed by atoms with Gasteiger partial charge in [-0.15, -0.1) is 0 Å². The molecule has 5 nitrogen and oxygen atoms in total. The fourth-order valence-corrected chi connectivity index (χ4v) is 2.12. The third kappa shape index (κ3) is 4.34. The highest BCUT2D eigenvalue weighted by atomic mass is 16.6. The van der Waals surface area contributed by atoms with Gasteiger partial charge in [0.05, 0.1) is 6.61 Å². The molecule has 1 fully saturated rings. The molecule has 1 aliphatic rings. The van der Waals surface area contributed by atoms with Crippen LogP contribution in [0.2, 0.25) is 0 Å². The molecule has 1 amide bonds. The van der Waals surface area contributed by atoms with Gasteiger partial charge in [0.1, 0.15) is 5.75 Å². The molecule has 1 saturated heterocycles. The molecule has 112 valence electrons. The quantitative estimate of drug-likeness (QED) is 0.632. The van der Waals surface area contributed by atoms with Gasteiger partial charge in [0.15, 0.2) is 0 Å². The normalized spacial score (nSPS) is 14.4. The molecule has 0 aliphatic carbocycles. The van der Waals surface area contributed by atoms with Crippen LogP contribution in [-0.4, -0.2) is 36.7 Å². The lowest BCUT2D eigenvalue weighted by Gasteiger charge is -2.15. The second kappa shape index (κ2) is 7.47. The second-order valence-corrected chi connectivity index (χ2v) is 4.69. The Kier molecular flexibility index (Phi) is 5.37. The van der Waals surface area contributed by atoms with Gasteiger partial charge in [0.2, 0.25) is 0 Å². The van der Waals surface area contributed by atoms with Gasteiger partial charge >= 0.3 is 12.1 Å². The van der Waals surface area contributed by atoms with Crippen molar-refractivity contribution in [2.75, 3.05) is 19.7 Å². The third-order valence-corrected chi connectivity index (χ3v) is 3.17. The van der Waals surface area contributed by atoms with E-state index >= 15 is 0 Å². The van der Waals surface area contributed by atoms with E-state index in [9.17, 15) is 9.59 Å². The predicted octanol–water partition coefficient (Wildman–Crippen LogP) is 2.86. The average molecular weight is 289 g/mol. The minimum Gasteiger partial charge on any atom is -0.463 e. The fourth-order valence-electron chi connectivity index (χ4n) is 2.12. The lowest BCUT2D eigenvalue weighted by molar-refractivity contribution is -0.137. The monoisotopic (exact) mass is 289 g/mol. The zero-order valence-corrected chi connectivity index (χ0v) is 12.1. The van der Waals surface area contributed by atoms with Crippen molar-refractivity contribution in [3.05, 3.63) is 35.9 Å². The summed E-state index contributed by atoms with van der Waals surface area (Å²) in [6.07, 6.45) is 4.60. The number of hydrogen-bond donors (Lipinski definition) is 0. The Labute approximate surface area is 124 Å². The van der Waals surface area contributed by atoms with Gasteiger partial charge in [-0.1, -0.05) is 18.2 Å². The first kappa shape index (κ1) is 15.1. The number of carbonyl (C=O) groups is 2. The van der Waals surface area contributed by atoms with Crippen molar-refractivity contribution in [3.8, 4) is 5.75 Å². The first-order chi connectivity index (χ1) is 10.2. The molecular weight excluding hydrogens is 270 g/mol. The lowest BCUT2D eigenvalue weighted by atomic mass is 10.2. The molecule has 2 rings (SSSR count). The molecule has 1 aliphatic heterocycles. The highest BCUT2D eigenvalue weighted by molar-refractivity contribution is 5.87. The molecule has 0 atom stereocenters. The summed E-state index contributed by atoms with van der Waals surface area (Å²) in [5.41, 5.74) is 0.665. The maximum absolute atomic E-state index is 12.0. The Bertz CT molecular complexity index is 533. The molecule has 0 unspecified atom stereocenters. The van der Waals surface area contributed by atoms with Gasteiger partial charge in [0.25, 0.3) is 0 Å². The molecule has 21 heavy (non-hydrogen) atoms. The van der Waals surface area contributed by atoms with Gasteiger partial charge < -0.3 is 14.4 Å². The van der Waals surface area contributed by atoms with E-state index in [1.165, 1.54) is 6.08 Å². The SMILES string of the molecule is CCOC(=O)/C=C/c1ccccc1OC(=O)N1CCCC1. The van der Waals surface area contributed by atoms with Crippen LogP contribution in [0, 0.1) is 0 Å². The molecule has 0 bridgehead atoms. The molecule has 0 N–H and O–H groups in total. The number of para-hydroxylation sites is 1. The van der Waals surface area contributed by atoms with Crippen LogP contribution < -0.4 is 4.74 Å². The van der Waals surface area contributed by atoms with Crippen molar-refractivity contribution in [2.24, 2.45) is 0 Å². The van der Waals surface area contributed by atoms with Gasteiger partial charge in [-0.25, -0.2) is 9.59 Å². The number of carbonyl (C=O) groups excluding carboxylic acids is 2. The predicted molar refractivity (Wildman–Crippen MR) is 78.9 cm³/mol. The fraction of sp³-hybridized carbons (Fsp3) is 0.375.